The first-order valence-corrected chi connectivity index (χ1v) is 12.2. The topological polar surface area (TPSA) is 59.7 Å². The van der Waals surface area contributed by atoms with E-state index in [0.29, 0.717) is 5.92 Å². The van der Waals surface area contributed by atoms with E-state index >= 15 is 0 Å². The van der Waals surface area contributed by atoms with Gasteiger partial charge in [-0.05, 0) is 49.3 Å². The molecule has 1 saturated heterocycles. The Kier molecular flexibility index (Phi) is 4.91. The van der Waals surface area contributed by atoms with Crippen LogP contribution in [0.4, 0.5) is 5.82 Å². The standard InChI is InChI=1S/C24H26N6S/c1-2-12-21-27-28-23(30(21)14-5-1)17-8-6-13-29(16-17)24-18-9-3-4-10-19(18)25-22(26-24)20-11-7-15-31-20/h3-4,7,9-11,15,17H,1-2,5-6,8,12-14,16H2/t17-/m0/s1. The van der Waals surface area contributed by atoms with Gasteiger partial charge >= 0.3 is 0 Å². The third-order valence-electron chi connectivity index (χ3n) is 6.55. The Morgan fingerprint density at radius 1 is 0.903 bits per heavy atom. The zero-order valence-corrected chi connectivity index (χ0v) is 18.4. The quantitative estimate of drug-likeness (QED) is 0.455. The highest BCUT2D eigenvalue weighted by Crippen LogP contribution is 2.34. The Hall–Kier alpha value is -2.80. The van der Waals surface area contributed by atoms with Crippen molar-refractivity contribution in [2.75, 3.05) is 18.0 Å². The van der Waals surface area contributed by atoms with Crippen LogP contribution < -0.4 is 4.90 Å². The predicted molar refractivity (Wildman–Crippen MR) is 125 cm³/mol. The van der Waals surface area contributed by atoms with E-state index in [-0.39, 0.29) is 0 Å². The summed E-state index contributed by atoms with van der Waals surface area (Å²) in [5.74, 6) is 4.62. The van der Waals surface area contributed by atoms with Crippen LogP contribution in [0.1, 0.15) is 49.7 Å². The summed E-state index contributed by atoms with van der Waals surface area (Å²) in [5, 5.41) is 12.4. The van der Waals surface area contributed by atoms with E-state index in [9.17, 15) is 0 Å². The number of aryl methyl sites for hydroxylation is 1. The smallest absolute Gasteiger partial charge is 0.172 e. The lowest BCUT2D eigenvalue weighted by Crippen LogP contribution is -2.36. The molecule has 158 valence electrons. The van der Waals surface area contributed by atoms with Gasteiger partial charge in [0.1, 0.15) is 17.5 Å². The zero-order valence-electron chi connectivity index (χ0n) is 17.6. The number of benzene rings is 1. The summed E-state index contributed by atoms with van der Waals surface area (Å²) in [4.78, 5) is 13.5. The van der Waals surface area contributed by atoms with Gasteiger partial charge in [-0.25, -0.2) is 9.97 Å². The number of thiophene rings is 1. The summed E-state index contributed by atoms with van der Waals surface area (Å²) in [6, 6.07) is 12.5. The van der Waals surface area contributed by atoms with E-state index < -0.39 is 0 Å². The third-order valence-corrected chi connectivity index (χ3v) is 7.41. The van der Waals surface area contributed by atoms with Gasteiger partial charge in [-0.15, -0.1) is 21.5 Å². The first kappa shape index (κ1) is 18.9. The van der Waals surface area contributed by atoms with Gasteiger partial charge in [0.05, 0.1) is 10.4 Å². The lowest BCUT2D eigenvalue weighted by atomic mass is 9.96. The molecule has 3 aromatic heterocycles. The van der Waals surface area contributed by atoms with Crippen LogP contribution in [0.2, 0.25) is 0 Å². The molecule has 7 heteroatoms. The van der Waals surface area contributed by atoms with Gasteiger partial charge in [-0.3, -0.25) is 0 Å². The summed E-state index contributed by atoms with van der Waals surface area (Å²) < 4.78 is 2.41. The molecular formula is C24H26N6S. The SMILES string of the molecule is c1csc(-c2nc(N3CCC[C@H](c4nnc5n4CCCCC5)C3)c3ccccc3n2)c1. The van der Waals surface area contributed by atoms with Crippen LogP contribution in [-0.2, 0) is 13.0 Å². The average Bonchev–Trinajstić information content (AvgIpc) is 3.44. The van der Waals surface area contributed by atoms with Gasteiger partial charge in [0, 0.05) is 37.4 Å². The number of piperidine rings is 1. The van der Waals surface area contributed by atoms with Crippen LogP contribution in [0.15, 0.2) is 41.8 Å². The zero-order chi connectivity index (χ0) is 20.6. The molecule has 6 nitrogen and oxygen atoms in total. The predicted octanol–water partition coefficient (Wildman–Crippen LogP) is 5.06. The molecule has 4 aromatic rings. The molecule has 0 saturated carbocycles. The summed E-state index contributed by atoms with van der Waals surface area (Å²) in [7, 11) is 0. The molecule has 1 aromatic carbocycles. The molecule has 0 bridgehead atoms. The van der Waals surface area contributed by atoms with Crippen LogP contribution in [-0.4, -0.2) is 37.8 Å². The molecule has 0 spiro atoms. The Bertz CT molecular complexity index is 1200. The van der Waals surface area contributed by atoms with Crippen molar-refractivity contribution in [3.05, 3.63) is 53.4 Å². The van der Waals surface area contributed by atoms with Gasteiger partial charge in [0.2, 0.25) is 0 Å². The molecule has 5 heterocycles. The molecule has 0 radical (unpaired) electrons. The van der Waals surface area contributed by atoms with Gasteiger partial charge in [-0.2, -0.15) is 0 Å². The molecule has 31 heavy (non-hydrogen) atoms. The molecule has 1 fully saturated rings. The van der Waals surface area contributed by atoms with E-state index in [2.05, 4.69) is 61.4 Å². The fraction of sp³-hybridized carbons (Fsp3) is 0.417. The minimum Gasteiger partial charge on any atom is -0.355 e. The van der Waals surface area contributed by atoms with Gasteiger partial charge in [0.15, 0.2) is 5.82 Å². The molecule has 2 aliphatic rings. The maximum absolute atomic E-state index is 5.07. The van der Waals surface area contributed by atoms with Gasteiger partial charge in [-0.1, -0.05) is 24.6 Å². The van der Waals surface area contributed by atoms with E-state index in [4.69, 9.17) is 9.97 Å². The second kappa shape index (κ2) is 8.04. The van der Waals surface area contributed by atoms with Crippen molar-refractivity contribution < 1.29 is 0 Å². The Labute approximate surface area is 186 Å². The third kappa shape index (κ3) is 3.51. The minimum atomic E-state index is 0.395. The molecule has 0 unspecified atom stereocenters. The summed E-state index contributed by atoms with van der Waals surface area (Å²) in [6.45, 7) is 3.01. The fourth-order valence-corrected chi connectivity index (χ4v) is 5.66. The highest BCUT2D eigenvalue weighted by atomic mass is 32.1. The van der Waals surface area contributed by atoms with Crippen molar-refractivity contribution in [2.45, 2.75) is 51.0 Å². The van der Waals surface area contributed by atoms with Crippen molar-refractivity contribution in [3.8, 4) is 10.7 Å². The summed E-state index contributed by atoms with van der Waals surface area (Å²) >= 11 is 1.69. The number of para-hydroxylation sites is 1. The van der Waals surface area contributed by atoms with Crippen LogP contribution >= 0.6 is 11.3 Å². The summed E-state index contributed by atoms with van der Waals surface area (Å²) in [6.07, 6.45) is 7.11. The Morgan fingerprint density at radius 2 is 1.87 bits per heavy atom. The number of fused-ring (bicyclic) bond motifs is 2. The van der Waals surface area contributed by atoms with Crippen molar-refractivity contribution in [1.29, 1.82) is 0 Å². The lowest BCUT2D eigenvalue weighted by Gasteiger charge is -2.34. The molecule has 6 rings (SSSR count). The molecule has 0 amide bonds. The minimum absolute atomic E-state index is 0.395. The second-order valence-corrected chi connectivity index (χ2v) is 9.53. The first-order chi connectivity index (χ1) is 15.4. The van der Waals surface area contributed by atoms with Crippen molar-refractivity contribution in [3.63, 3.8) is 0 Å². The highest BCUT2D eigenvalue weighted by Gasteiger charge is 2.29. The van der Waals surface area contributed by atoms with E-state index in [1.807, 2.05) is 0 Å². The monoisotopic (exact) mass is 430 g/mol. The van der Waals surface area contributed by atoms with Crippen LogP contribution in [0.25, 0.3) is 21.6 Å². The maximum atomic E-state index is 5.07. The molecule has 2 aliphatic heterocycles. The number of hydrogen-bond acceptors (Lipinski definition) is 6. The highest BCUT2D eigenvalue weighted by molar-refractivity contribution is 7.13. The average molecular weight is 431 g/mol. The number of anilines is 1. The van der Waals surface area contributed by atoms with Crippen molar-refractivity contribution >= 4 is 28.1 Å². The molecule has 0 aliphatic carbocycles. The molecular weight excluding hydrogens is 404 g/mol. The number of nitrogens with zero attached hydrogens (tertiary/aromatic N) is 6. The van der Waals surface area contributed by atoms with Crippen LogP contribution in [0.3, 0.4) is 0 Å². The first-order valence-electron chi connectivity index (χ1n) is 11.3. The normalized spacial score (nSPS) is 19.4. The van der Waals surface area contributed by atoms with Crippen molar-refractivity contribution in [1.82, 2.24) is 24.7 Å². The van der Waals surface area contributed by atoms with Crippen LogP contribution in [0.5, 0.6) is 0 Å². The largest absolute Gasteiger partial charge is 0.355 e. The second-order valence-electron chi connectivity index (χ2n) is 8.59. The van der Waals surface area contributed by atoms with Crippen molar-refractivity contribution in [2.24, 2.45) is 0 Å². The van der Waals surface area contributed by atoms with Gasteiger partial charge in [0.25, 0.3) is 0 Å². The molecule has 1 atom stereocenters. The maximum Gasteiger partial charge on any atom is 0.172 e. The van der Waals surface area contributed by atoms with Gasteiger partial charge < -0.3 is 9.47 Å². The molecule has 0 N–H and O–H groups in total. The van der Waals surface area contributed by atoms with Crippen LogP contribution in [0, 0.1) is 0 Å². The Morgan fingerprint density at radius 3 is 2.81 bits per heavy atom. The number of rotatable bonds is 3. The fourth-order valence-electron chi connectivity index (χ4n) is 5.01. The number of aromatic nitrogens is 5. The van der Waals surface area contributed by atoms with E-state index in [0.717, 1.165) is 66.3 Å². The number of hydrogen-bond donors (Lipinski definition) is 0. The Balaban J connectivity index is 1.38. The van der Waals surface area contributed by atoms with E-state index in [1.165, 1.54) is 30.9 Å². The lowest BCUT2D eigenvalue weighted by molar-refractivity contribution is 0.464. The van der Waals surface area contributed by atoms with E-state index in [1.54, 1.807) is 11.3 Å². The summed E-state index contributed by atoms with van der Waals surface area (Å²) in [5.41, 5.74) is 1.01.